The number of carbonyl (C=O) groups is 2. The first-order valence-electron chi connectivity index (χ1n) is 11.4. The monoisotopic (exact) mass is 479 g/mol. The third-order valence-electron chi connectivity index (χ3n) is 6.37. The summed E-state index contributed by atoms with van der Waals surface area (Å²) in [5.74, 6) is -0.402. The van der Waals surface area contributed by atoms with Gasteiger partial charge in [-0.05, 0) is 24.3 Å². The van der Waals surface area contributed by atoms with Crippen molar-refractivity contribution in [1.29, 1.82) is 0 Å². The molecule has 1 aliphatic carbocycles. The van der Waals surface area contributed by atoms with E-state index in [-0.39, 0.29) is 31.1 Å². The fraction of sp³-hybridized carbons (Fsp3) is 0.682. The van der Waals surface area contributed by atoms with Gasteiger partial charge in [0, 0.05) is 32.1 Å². The molecule has 12 heteroatoms. The number of rotatable bonds is 7. The van der Waals surface area contributed by atoms with Gasteiger partial charge in [0.05, 0.1) is 24.0 Å². The lowest BCUT2D eigenvalue weighted by atomic mass is 9.85. The summed E-state index contributed by atoms with van der Waals surface area (Å²) in [4.78, 5) is 28.1. The van der Waals surface area contributed by atoms with Gasteiger partial charge < -0.3 is 15.3 Å². The smallest absolute Gasteiger partial charge is 0.282 e. The van der Waals surface area contributed by atoms with Gasteiger partial charge in [0.25, 0.3) is 6.43 Å². The molecule has 1 aliphatic heterocycles. The van der Waals surface area contributed by atoms with E-state index in [4.69, 9.17) is 0 Å². The Kier molecular flexibility index (Phi) is 6.45. The number of hydrogen-bond donors (Lipinski definition) is 2. The summed E-state index contributed by atoms with van der Waals surface area (Å²) in [6.07, 6.45) is 0.453. The Morgan fingerprint density at radius 1 is 1.29 bits per heavy atom. The molecule has 0 bridgehead atoms. The number of alkyl halides is 2. The van der Waals surface area contributed by atoms with Crippen LogP contribution in [0.5, 0.6) is 0 Å². The molecular formula is C22H31F2N7O3. The van der Waals surface area contributed by atoms with Crippen molar-refractivity contribution >= 4 is 11.8 Å². The molecule has 4 rings (SSSR count). The Balaban J connectivity index is 1.50. The average molecular weight is 480 g/mol. The summed E-state index contributed by atoms with van der Waals surface area (Å²) in [5, 5.41) is 25.2. The van der Waals surface area contributed by atoms with Gasteiger partial charge in [-0.1, -0.05) is 26.0 Å². The lowest BCUT2D eigenvalue weighted by Crippen LogP contribution is -2.50. The number of aryl methyl sites for hydroxylation is 1. The third kappa shape index (κ3) is 4.96. The normalized spacial score (nSPS) is 21.8. The van der Waals surface area contributed by atoms with E-state index in [9.17, 15) is 23.5 Å². The number of nitrogens with zero attached hydrogens (tertiary/aromatic N) is 6. The first-order chi connectivity index (χ1) is 16.0. The SMILES string of the molecule is Cn1nc(C(F)F)cc1CNC(=O)C1CC(O)CN1C(=O)[C@@H](n1cc(C2CC2)nn1)C(C)(C)C. The highest BCUT2D eigenvalue weighted by molar-refractivity contribution is 5.90. The van der Waals surface area contributed by atoms with Crippen LogP contribution < -0.4 is 5.32 Å². The highest BCUT2D eigenvalue weighted by Crippen LogP contribution is 2.40. The minimum atomic E-state index is -2.71. The maximum atomic E-state index is 13.7. The van der Waals surface area contributed by atoms with E-state index in [0.717, 1.165) is 18.5 Å². The second-order valence-electron chi connectivity index (χ2n) is 10.3. The number of aliphatic hydroxyl groups excluding tert-OH is 1. The van der Waals surface area contributed by atoms with Crippen molar-refractivity contribution in [2.75, 3.05) is 6.54 Å². The Morgan fingerprint density at radius 2 is 2.00 bits per heavy atom. The van der Waals surface area contributed by atoms with Gasteiger partial charge in [-0.15, -0.1) is 5.10 Å². The van der Waals surface area contributed by atoms with Crippen LogP contribution in [0.4, 0.5) is 8.78 Å². The van der Waals surface area contributed by atoms with Crippen molar-refractivity contribution in [1.82, 2.24) is 35.0 Å². The summed E-state index contributed by atoms with van der Waals surface area (Å²) in [6, 6.07) is -0.366. The predicted octanol–water partition coefficient (Wildman–Crippen LogP) is 1.69. The first-order valence-corrected chi connectivity index (χ1v) is 11.4. The van der Waals surface area contributed by atoms with E-state index in [1.165, 1.54) is 22.7 Å². The van der Waals surface area contributed by atoms with E-state index in [2.05, 4.69) is 20.7 Å². The van der Waals surface area contributed by atoms with E-state index < -0.39 is 35.9 Å². The number of amides is 2. The quantitative estimate of drug-likeness (QED) is 0.624. The summed E-state index contributed by atoms with van der Waals surface area (Å²) < 4.78 is 28.7. The number of aromatic nitrogens is 5. The zero-order valence-electron chi connectivity index (χ0n) is 19.8. The molecule has 2 amide bonds. The van der Waals surface area contributed by atoms with Crippen molar-refractivity contribution in [2.24, 2.45) is 12.5 Å². The number of likely N-dealkylation sites (tertiary alicyclic amines) is 1. The zero-order valence-corrected chi connectivity index (χ0v) is 19.8. The number of halogens is 2. The molecule has 2 unspecified atom stereocenters. The van der Waals surface area contributed by atoms with Crippen LogP contribution in [0.3, 0.4) is 0 Å². The molecule has 0 radical (unpaired) electrons. The van der Waals surface area contributed by atoms with Crippen molar-refractivity contribution in [3.8, 4) is 0 Å². The summed E-state index contributed by atoms with van der Waals surface area (Å²) >= 11 is 0. The second-order valence-corrected chi connectivity index (χ2v) is 10.3. The van der Waals surface area contributed by atoms with Crippen molar-refractivity contribution in [3.05, 3.63) is 29.3 Å². The molecule has 1 saturated carbocycles. The zero-order chi connectivity index (χ0) is 24.8. The van der Waals surface area contributed by atoms with Gasteiger partial charge in [-0.2, -0.15) is 5.10 Å². The third-order valence-corrected chi connectivity index (χ3v) is 6.37. The van der Waals surface area contributed by atoms with Crippen LogP contribution >= 0.6 is 0 Å². The molecule has 3 heterocycles. The number of nitrogens with one attached hydrogen (secondary N) is 1. The van der Waals surface area contributed by atoms with Crippen LogP contribution in [0.25, 0.3) is 0 Å². The van der Waals surface area contributed by atoms with Gasteiger partial charge in [0.15, 0.2) is 0 Å². The second kappa shape index (κ2) is 9.05. The van der Waals surface area contributed by atoms with Gasteiger partial charge in [0.2, 0.25) is 11.8 Å². The first kappa shape index (κ1) is 24.2. The van der Waals surface area contributed by atoms with Gasteiger partial charge in [0.1, 0.15) is 17.8 Å². The van der Waals surface area contributed by atoms with Crippen molar-refractivity contribution in [3.63, 3.8) is 0 Å². The fourth-order valence-electron chi connectivity index (χ4n) is 4.42. The largest absolute Gasteiger partial charge is 0.391 e. The van der Waals surface area contributed by atoms with Crippen molar-refractivity contribution in [2.45, 2.75) is 77.1 Å². The molecule has 2 fully saturated rings. The topological polar surface area (TPSA) is 118 Å². The molecule has 10 nitrogen and oxygen atoms in total. The number of hydrogen-bond acceptors (Lipinski definition) is 6. The molecule has 34 heavy (non-hydrogen) atoms. The number of carbonyl (C=O) groups excluding carboxylic acids is 2. The molecule has 2 aromatic heterocycles. The van der Waals surface area contributed by atoms with Gasteiger partial charge >= 0.3 is 0 Å². The highest BCUT2D eigenvalue weighted by atomic mass is 19.3. The van der Waals surface area contributed by atoms with E-state index in [0.29, 0.717) is 11.6 Å². The predicted molar refractivity (Wildman–Crippen MR) is 117 cm³/mol. The maximum Gasteiger partial charge on any atom is 0.282 e. The van der Waals surface area contributed by atoms with E-state index in [1.54, 1.807) is 10.9 Å². The molecule has 2 aromatic rings. The Labute approximate surface area is 196 Å². The van der Waals surface area contributed by atoms with Crippen LogP contribution in [0.2, 0.25) is 0 Å². The van der Waals surface area contributed by atoms with E-state index >= 15 is 0 Å². The molecule has 0 spiro atoms. The molecule has 3 atom stereocenters. The molecule has 186 valence electrons. The Bertz CT molecular complexity index is 1060. The van der Waals surface area contributed by atoms with Crippen molar-refractivity contribution < 1.29 is 23.5 Å². The van der Waals surface area contributed by atoms with Crippen LogP contribution in [0, 0.1) is 5.41 Å². The van der Waals surface area contributed by atoms with Gasteiger partial charge in [-0.25, -0.2) is 13.5 Å². The van der Waals surface area contributed by atoms with E-state index in [1.807, 2.05) is 20.8 Å². The minimum Gasteiger partial charge on any atom is -0.391 e. The maximum absolute atomic E-state index is 13.7. The average Bonchev–Trinajstić information content (AvgIpc) is 3.16. The Morgan fingerprint density at radius 3 is 2.59 bits per heavy atom. The summed E-state index contributed by atoms with van der Waals surface area (Å²) in [7, 11) is 1.52. The molecule has 0 aromatic carbocycles. The Hall–Kier alpha value is -2.89. The van der Waals surface area contributed by atoms with Crippen LogP contribution in [-0.2, 0) is 23.2 Å². The molecular weight excluding hydrogens is 448 g/mol. The number of aliphatic hydroxyl groups is 1. The number of β-amino-alcohol motifs (C(OH)–C–C–N with tert-alkyl or cyclic N) is 1. The molecule has 1 saturated heterocycles. The minimum absolute atomic E-state index is 0.0227. The molecule has 2 aliphatic rings. The van der Waals surface area contributed by atoms with Crippen LogP contribution in [0.1, 0.15) is 75.5 Å². The van der Waals surface area contributed by atoms with Gasteiger partial charge in [-0.3, -0.25) is 14.3 Å². The summed E-state index contributed by atoms with van der Waals surface area (Å²) in [6.45, 7) is 5.74. The standard InChI is InChI=1S/C22H31F2N7O3/c1-22(2,3)18(31-11-16(26-28-31)12-5-6-12)21(34)30-10-14(32)8-17(30)20(33)25-9-13-7-15(19(23)24)27-29(13)4/h7,11-12,14,17-19,32H,5-6,8-10H2,1-4H3,(H,25,33)/t14?,17?,18-/m1/s1. The highest BCUT2D eigenvalue weighted by Gasteiger charge is 2.45. The van der Waals surface area contributed by atoms with Crippen LogP contribution in [0.15, 0.2) is 12.3 Å². The lowest BCUT2D eigenvalue weighted by molar-refractivity contribution is -0.144. The summed E-state index contributed by atoms with van der Waals surface area (Å²) in [5.41, 5.74) is 0.367. The van der Waals surface area contributed by atoms with Crippen LogP contribution in [-0.4, -0.2) is 65.3 Å². The molecule has 2 N–H and O–H groups in total. The lowest BCUT2D eigenvalue weighted by Gasteiger charge is -2.34. The fourth-order valence-corrected chi connectivity index (χ4v) is 4.42.